The van der Waals surface area contributed by atoms with Crippen LogP contribution in [0, 0.1) is 10.3 Å². The van der Waals surface area contributed by atoms with Gasteiger partial charge in [-0.15, -0.1) is 0 Å². The molecule has 0 amide bonds. The summed E-state index contributed by atoms with van der Waals surface area (Å²) in [6.07, 6.45) is 2.48. The number of nitrogens with two attached hydrogens (primary N) is 1. The Labute approximate surface area is 102 Å². The zero-order valence-electron chi connectivity index (χ0n) is 8.90. The lowest BCUT2D eigenvalue weighted by Gasteiger charge is -2.35. The first-order valence-electron chi connectivity index (χ1n) is 5.23. The Bertz CT molecular complexity index is 395. The molecular weight excluding hydrogens is 246 g/mol. The predicted octanol–water partition coefficient (Wildman–Crippen LogP) is 0.762. The highest BCUT2D eigenvalue weighted by Gasteiger charge is 2.36. The first kappa shape index (κ1) is 12.1. The summed E-state index contributed by atoms with van der Waals surface area (Å²) in [5.74, 6) is 2.20. The van der Waals surface area contributed by atoms with Crippen molar-refractivity contribution < 1.29 is 9.08 Å². The zero-order valence-corrected chi connectivity index (χ0v) is 10.5. The van der Waals surface area contributed by atoms with Crippen molar-refractivity contribution in [1.82, 2.24) is 10.1 Å². The summed E-state index contributed by atoms with van der Waals surface area (Å²) in [4.78, 5) is 3.19. The standard InChI is InChI=1S/C9H15N3O2S2/c10-6-9(1-3-16(13)4-2-9)5-7-11-8(15)14-12-7/h1-6,10H2,(H,11,12,15). The number of nitrogens with zero attached hydrogens (tertiary/aromatic N) is 1. The van der Waals surface area contributed by atoms with Gasteiger partial charge in [0.1, 0.15) is 11.5 Å². The third-order valence-corrected chi connectivity index (χ3v) is 4.68. The SMILES string of the molecule is NCC1(Cc2noc(=S)[nH]2)CC[S+]([O-])CC1. The molecule has 90 valence electrons. The van der Waals surface area contributed by atoms with Crippen LogP contribution in [-0.4, -0.2) is 32.7 Å². The maximum Gasteiger partial charge on any atom is 0.294 e. The lowest BCUT2D eigenvalue weighted by molar-refractivity contribution is 0.254. The van der Waals surface area contributed by atoms with Crippen LogP contribution in [0.2, 0.25) is 0 Å². The number of hydrogen-bond acceptors (Lipinski definition) is 5. The van der Waals surface area contributed by atoms with E-state index in [1.807, 2.05) is 0 Å². The summed E-state index contributed by atoms with van der Waals surface area (Å²) < 4.78 is 16.2. The van der Waals surface area contributed by atoms with Crippen LogP contribution in [0.4, 0.5) is 0 Å². The number of rotatable bonds is 3. The van der Waals surface area contributed by atoms with Gasteiger partial charge in [-0.25, -0.2) is 0 Å². The third-order valence-electron chi connectivity index (χ3n) is 3.18. The maximum atomic E-state index is 11.3. The van der Waals surface area contributed by atoms with E-state index >= 15 is 0 Å². The van der Waals surface area contributed by atoms with E-state index in [4.69, 9.17) is 22.5 Å². The van der Waals surface area contributed by atoms with Crippen LogP contribution in [-0.2, 0) is 17.6 Å². The van der Waals surface area contributed by atoms with Crippen molar-refractivity contribution in [2.24, 2.45) is 11.1 Å². The van der Waals surface area contributed by atoms with E-state index in [0.717, 1.165) is 36.6 Å². The quantitative estimate of drug-likeness (QED) is 0.619. The van der Waals surface area contributed by atoms with E-state index in [-0.39, 0.29) is 5.41 Å². The van der Waals surface area contributed by atoms with Crippen molar-refractivity contribution in [3.63, 3.8) is 0 Å². The maximum absolute atomic E-state index is 11.3. The molecule has 7 heteroatoms. The van der Waals surface area contributed by atoms with E-state index in [9.17, 15) is 4.55 Å². The molecule has 0 spiro atoms. The number of aromatic amines is 1. The molecule has 1 aromatic heterocycles. The summed E-state index contributed by atoms with van der Waals surface area (Å²) in [5.41, 5.74) is 5.84. The van der Waals surface area contributed by atoms with Crippen molar-refractivity contribution in [3.05, 3.63) is 10.7 Å². The van der Waals surface area contributed by atoms with Crippen molar-refractivity contribution in [2.75, 3.05) is 18.1 Å². The molecule has 3 N–H and O–H groups in total. The van der Waals surface area contributed by atoms with Gasteiger partial charge in [-0.2, -0.15) is 0 Å². The van der Waals surface area contributed by atoms with Crippen LogP contribution in [0.3, 0.4) is 0 Å². The van der Waals surface area contributed by atoms with Gasteiger partial charge in [0, 0.05) is 6.42 Å². The highest BCUT2D eigenvalue weighted by Crippen LogP contribution is 2.34. The topological polar surface area (TPSA) is 90.9 Å². The molecule has 16 heavy (non-hydrogen) atoms. The minimum atomic E-state index is -0.671. The minimum Gasteiger partial charge on any atom is -0.616 e. The van der Waals surface area contributed by atoms with E-state index < -0.39 is 11.2 Å². The van der Waals surface area contributed by atoms with Gasteiger partial charge in [0.25, 0.3) is 4.84 Å². The van der Waals surface area contributed by atoms with E-state index in [2.05, 4.69) is 10.1 Å². The monoisotopic (exact) mass is 261 g/mol. The highest BCUT2D eigenvalue weighted by molar-refractivity contribution is 7.91. The van der Waals surface area contributed by atoms with Crippen molar-refractivity contribution in [2.45, 2.75) is 19.3 Å². The van der Waals surface area contributed by atoms with Crippen LogP contribution in [0.15, 0.2) is 4.52 Å². The van der Waals surface area contributed by atoms with E-state index in [1.165, 1.54) is 0 Å². The van der Waals surface area contributed by atoms with Crippen LogP contribution < -0.4 is 5.73 Å². The molecule has 1 saturated heterocycles. The molecule has 1 aliphatic heterocycles. The summed E-state index contributed by atoms with van der Waals surface area (Å²) in [6, 6.07) is 0. The van der Waals surface area contributed by atoms with E-state index in [1.54, 1.807) is 0 Å². The molecule has 1 fully saturated rings. The van der Waals surface area contributed by atoms with Crippen LogP contribution in [0.25, 0.3) is 0 Å². The van der Waals surface area contributed by atoms with Crippen molar-refractivity contribution in [3.8, 4) is 0 Å². The highest BCUT2D eigenvalue weighted by atomic mass is 32.2. The number of hydrogen-bond donors (Lipinski definition) is 2. The Kier molecular flexibility index (Phi) is 3.68. The summed E-state index contributed by atoms with van der Waals surface area (Å²) >= 11 is 4.16. The Hall–Kier alpha value is -0.370. The smallest absolute Gasteiger partial charge is 0.294 e. The largest absolute Gasteiger partial charge is 0.616 e. The minimum absolute atomic E-state index is 0.00303. The van der Waals surface area contributed by atoms with Gasteiger partial charge in [0.15, 0.2) is 5.82 Å². The van der Waals surface area contributed by atoms with Gasteiger partial charge in [0.05, 0.1) is 0 Å². The van der Waals surface area contributed by atoms with E-state index in [0.29, 0.717) is 11.4 Å². The molecule has 5 nitrogen and oxygen atoms in total. The number of aromatic nitrogens is 2. The lowest BCUT2D eigenvalue weighted by atomic mass is 9.79. The Balaban J connectivity index is 2.07. The normalized spacial score (nSPS) is 30.5. The number of nitrogens with one attached hydrogen (secondary N) is 1. The van der Waals surface area contributed by atoms with Gasteiger partial charge in [0.2, 0.25) is 0 Å². The van der Waals surface area contributed by atoms with Crippen LogP contribution in [0.1, 0.15) is 18.7 Å². The first-order chi connectivity index (χ1) is 7.63. The average Bonchev–Trinajstić information content (AvgIpc) is 2.68. The Morgan fingerprint density at radius 1 is 1.56 bits per heavy atom. The molecular formula is C9H15N3O2S2. The fraction of sp³-hybridized carbons (Fsp3) is 0.778. The average molecular weight is 261 g/mol. The molecule has 0 saturated carbocycles. The zero-order chi connectivity index (χ0) is 11.6. The molecule has 0 bridgehead atoms. The fourth-order valence-corrected chi connectivity index (χ4v) is 3.71. The van der Waals surface area contributed by atoms with Crippen LogP contribution in [0.5, 0.6) is 0 Å². The number of H-pyrrole nitrogens is 1. The van der Waals surface area contributed by atoms with Gasteiger partial charge in [-0.1, -0.05) is 16.3 Å². The molecule has 0 aromatic carbocycles. The predicted molar refractivity (Wildman–Crippen MR) is 64.0 cm³/mol. The van der Waals surface area contributed by atoms with Gasteiger partial charge in [-0.3, -0.25) is 4.98 Å². The Morgan fingerprint density at radius 3 is 2.75 bits per heavy atom. The lowest BCUT2D eigenvalue weighted by Crippen LogP contribution is -2.41. The molecule has 2 heterocycles. The van der Waals surface area contributed by atoms with Crippen LogP contribution >= 0.6 is 12.2 Å². The molecule has 0 unspecified atom stereocenters. The molecule has 0 atom stereocenters. The van der Waals surface area contributed by atoms with Gasteiger partial charge >= 0.3 is 0 Å². The van der Waals surface area contributed by atoms with Gasteiger partial charge < -0.3 is 14.8 Å². The second-order valence-corrected chi connectivity index (χ2v) is 6.34. The molecule has 1 aromatic rings. The molecule has 0 aliphatic carbocycles. The van der Waals surface area contributed by atoms with Crippen molar-refractivity contribution in [1.29, 1.82) is 0 Å². The van der Waals surface area contributed by atoms with Crippen molar-refractivity contribution >= 4 is 23.4 Å². The first-order valence-corrected chi connectivity index (χ1v) is 7.13. The summed E-state index contributed by atoms with van der Waals surface area (Å²) in [7, 11) is 0. The third kappa shape index (κ3) is 2.65. The molecule has 0 radical (unpaired) electrons. The fourth-order valence-electron chi connectivity index (χ4n) is 2.03. The Morgan fingerprint density at radius 2 is 2.25 bits per heavy atom. The molecule has 2 rings (SSSR count). The molecule has 1 aliphatic rings. The summed E-state index contributed by atoms with van der Waals surface area (Å²) in [6.45, 7) is 0.581. The van der Waals surface area contributed by atoms with Gasteiger partial charge in [-0.05, 0) is 37.0 Å². The second-order valence-electron chi connectivity index (χ2n) is 4.27. The summed E-state index contributed by atoms with van der Waals surface area (Å²) in [5, 5.41) is 3.86. The second kappa shape index (κ2) is 4.87.